The van der Waals surface area contributed by atoms with Crippen molar-refractivity contribution in [1.29, 1.82) is 0 Å². The normalized spacial score (nSPS) is 20.2. The second kappa shape index (κ2) is 5.87. The van der Waals surface area contributed by atoms with Crippen LogP contribution < -0.4 is 4.90 Å². The summed E-state index contributed by atoms with van der Waals surface area (Å²) in [6, 6.07) is 9.10. The minimum atomic E-state index is 0.522. The largest absolute Gasteiger partial charge is 0.356 e. The molecule has 25 heavy (non-hydrogen) atoms. The van der Waals surface area contributed by atoms with Crippen molar-refractivity contribution >= 4 is 16.7 Å². The van der Waals surface area contributed by atoms with E-state index in [-0.39, 0.29) is 0 Å². The van der Waals surface area contributed by atoms with E-state index in [2.05, 4.69) is 46.3 Å². The Balaban J connectivity index is 1.51. The average molecular weight is 332 g/mol. The molecular formula is C21H24N4. The maximum absolute atomic E-state index is 5.05. The number of aryl methyl sites for hydroxylation is 3. The molecule has 0 spiro atoms. The van der Waals surface area contributed by atoms with E-state index < -0.39 is 0 Å². The number of benzene rings is 1. The Kier molecular flexibility index (Phi) is 3.51. The van der Waals surface area contributed by atoms with Gasteiger partial charge in [-0.25, -0.2) is 4.98 Å². The minimum absolute atomic E-state index is 0.522. The number of hydrogen-bond donors (Lipinski definition) is 1. The van der Waals surface area contributed by atoms with Gasteiger partial charge in [0, 0.05) is 36.3 Å². The highest BCUT2D eigenvalue weighted by Gasteiger charge is 2.24. The summed E-state index contributed by atoms with van der Waals surface area (Å²) in [5.41, 5.74) is 6.80. The van der Waals surface area contributed by atoms with Crippen molar-refractivity contribution in [2.75, 3.05) is 18.0 Å². The molecule has 1 atom stereocenters. The van der Waals surface area contributed by atoms with E-state index in [1.54, 1.807) is 0 Å². The second-order valence-corrected chi connectivity index (χ2v) is 7.59. The van der Waals surface area contributed by atoms with E-state index in [1.807, 2.05) is 6.20 Å². The molecule has 0 bridgehead atoms. The Hall–Kier alpha value is -2.36. The third-order valence-electron chi connectivity index (χ3n) is 5.92. The van der Waals surface area contributed by atoms with Crippen LogP contribution in [0.25, 0.3) is 10.9 Å². The van der Waals surface area contributed by atoms with Crippen molar-refractivity contribution in [1.82, 2.24) is 15.2 Å². The molecule has 1 fully saturated rings. The third-order valence-corrected chi connectivity index (χ3v) is 5.92. The lowest BCUT2D eigenvalue weighted by Gasteiger charge is -2.33. The molecule has 0 saturated carbocycles. The highest BCUT2D eigenvalue weighted by atomic mass is 15.2. The number of piperidine rings is 1. The van der Waals surface area contributed by atoms with Gasteiger partial charge in [0.15, 0.2) is 0 Å². The molecule has 1 aliphatic heterocycles. The van der Waals surface area contributed by atoms with E-state index >= 15 is 0 Å². The summed E-state index contributed by atoms with van der Waals surface area (Å²) in [5.74, 6) is 1.65. The molecule has 1 aliphatic carbocycles. The number of aromatic amines is 1. The number of rotatable bonds is 2. The molecule has 1 aromatic carbocycles. The van der Waals surface area contributed by atoms with Crippen LogP contribution in [-0.4, -0.2) is 28.3 Å². The monoisotopic (exact) mass is 332 g/mol. The second-order valence-electron chi connectivity index (χ2n) is 7.59. The average Bonchev–Trinajstić information content (AvgIpc) is 3.32. The molecule has 1 N–H and O–H groups in total. The number of nitrogens with one attached hydrogen (secondary N) is 1. The standard InChI is InChI=1S/C21H24N4/c1-14-10-21(23-20-12-16-5-2-4-15(16)11-18(14)20)25-9-3-6-17(13-25)19-7-8-22-24-19/h7-8,10-12,17H,2-6,9,13H2,1H3,(H,22,24). The van der Waals surface area contributed by atoms with Gasteiger partial charge in [-0.2, -0.15) is 5.10 Å². The minimum Gasteiger partial charge on any atom is -0.356 e. The van der Waals surface area contributed by atoms with Crippen LogP contribution in [0.3, 0.4) is 0 Å². The molecule has 2 aliphatic rings. The topological polar surface area (TPSA) is 44.8 Å². The first-order valence-corrected chi connectivity index (χ1v) is 9.45. The van der Waals surface area contributed by atoms with Crippen LogP contribution in [0.5, 0.6) is 0 Å². The Bertz CT molecular complexity index is 913. The number of H-pyrrole nitrogens is 1. The highest BCUT2D eigenvalue weighted by molar-refractivity contribution is 5.85. The number of anilines is 1. The van der Waals surface area contributed by atoms with Gasteiger partial charge in [0.2, 0.25) is 0 Å². The Morgan fingerprint density at radius 2 is 2.00 bits per heavy atom. The van der Waals surface area contributed by atoms with Gasteiger partial charge < -0.3 is 4.90 Å². The molecule has 128 valence electrons. The molecule has 4 nitrogen and oxygen atoms in total. The van der Waals surface area contributed by atoms with Crippen molar-refractivity contribution in [3.63, 3.8) is 0 Å². The summed E-state index contributed by atoms with van der Waals surface area (Å²) in [4.78, 5) is 7.51. The van der Waals surface area contributed by atoms with Gasteiger partial charge in [-0.3, -0.25) is 5.10 Å². The fraction of sp³-hybridized carbons (Fsp3) is 0.429. The van der Waals surface area contributed by atoms with Crippen molar-refractivity contribution in [3.8, 4) is 0 Å². The number of fused-ring (bicyclic) bond motifs is 2. The van der Waals surface area contributed by atoms with E-state index in [0.717, 1.165) is 18.9 Å². The lowest BCUT2D eigenvalue weighted by molar-refractivity contribution is 0.498. The zero-order valence-corrected chi connectivity index (χ0v) is 14.8. The summed E-state index contributed by atoms with van der Waals surface area (Å²) < 4.78 is 0. The number of hydrogen-bond acceptors (Lipinski definition) is 3. The first-order chi connectivity index (χ1) is 12.3. The smallest absolute Gasteiger partial charge is 0.129 e. The zero-order chi connectivity index (χ0) is 16.8. The summed E-state index contributed by atoms with van der Waals surface area (Å²) >= 11 is 0. The first-order valence-electron chi connectivity index (χ1n) is 9.45. The van der Waals surface area contributed by atoms with Gasteiger partial charge in [-0.05, 0) is 80.0 Å². The van der Waals surface area contributed by atoms with Gasteiger partial charge in [0.1, 0.15) is 5.82 Å². The molecule has 1 saturated heterocycles. The molecule has 0 radical (unpaired) electrons. The third kappa shape index (κ3) is 2.60. The van der Waals surface area contributed by atoms with Crippen LogP contribution in [0.15, 0.2) is 30.5 Å². The molecule has 2 aromatic heterocycles. The van der Waals surface area contributed by atoms with Crippen LogP contribution >= 0.6 is 0 Å². The maximum Gasteiger partial charge on any atom is 0.129 e. The van der Waals surface area contributed by atoms with Gasteiger partial charge in [0.05, 0.1) is 5.52 Å². The number of nitrogens with zero attached hydrogens (tertiary/aromatic N) is 3. The predicted octanol–water partition coefficient (Wildman–Crippen LogP) is 4.14. The van der Waals surface area contributed by atoms with E-state index in [4.69, 9.17) is 4.98 Å². The van der Waals surface area contributed by atoms with Crippen molar-refractivity contribution < 1.29 is 0 Å². The summed E-state index contributed by atoms with van der Waals surface area (Å²) in [5, 5.41) is 8.60. The van der Waals surface area contributed by atoms with Gasteiger partial charge in [-0.1, -0.05) is 0 Å². The lowest BCUT2D eigenvalue weighted by atomic mass is 9.94. The molecule has 0 amide bonds. The molecule has 4 heteroatoms. The summed E-state index contributed by atoms with van der Waals surface area (Å²) in [6.07, 6.45) is 8.00. The molecule has 3 aromatic rings. The summed E-state index contributed by atoms with van der Waals surface area (Å²) in [6.45, 7) is 4.34. The molecular weight excluding hydrogens is 308 g/mol. The van der Waals surface area contributed by atoms with Crippen LogP contribution in [0.1, 0.15) is 47.6 Å². The van der Waals surface area contributed by atoms with Crippen LogP contribution in [-0.2, 0) is 12.8 Å². The van der Waals surface area contributed by atoms with E-state index in [0.29, 0.717) is 5.92 Å². The summed E-state index contributed by atoms with van der Waals surface area (Å²) in [7, 11) is 0. The van der Waals surface area contributed by atoms with Crippen LogP contribution in [0.4, 0.5) is 5.82 Å². The lowest BCUT2D eigenvalue weighted by Crippen LogP contribution is -2.35. The Labute approximate surface area is 148 Å². The fourth-order valence-electron chi connectivity index (χ4n) is 4.54. The highest BCUT2D eigenvalue weighted by Crippen LogP contribution is 2.32. The fourth-order valence-corrected chi connectivity index (χ4v) is 4.54. The Morgan fingerprint density at radius 1 is 1.12 bits per heavy atom. The van der Waals surface area contributed by atoms with E-state index in [1.165, 1.54) is 65.4 Å². The van der Waals surface area contributed by atoms with Crippen LogP contribution in [0, 0.1) is 6.92 Å². The molecule has 1 unspecified atom stereocenters. The maximum atomic E-state index is 5.05. The van der Waals surface area contributed by atoms with Crippen molar-refractivity contribution in [2.24, 2.45) is 0 Å². The van der Waals surface area contributed by atoms with Gasteiger partial charge in [-0.15, -0.1) is 0 Å². The molecule has 3 heterocycles. The predicted molar refractivity (Wildman–Crippen MR) is 101 cm³/mol. The van der Waals surface area contributed by atoms with Gasteiger partial charge in [0.25, 0.3) is 0 Å². The SMILES string of the molecule is Cc1cc(N2CCCC(c3ccn[nH]3)C2)nc2cc3c(cc12)CCC3. The quantitative estimate of drug-likeness (QED) is 0.767. The number of pyridine rings is 1. The van der Waals surface area contributed by atoms with Crippen molar-refractivity contribution in [3.05, 3.63) is 52.8 Å². The zero-order valence-electron chi connectivity index (χ0n) is 14.8. The van der Waals surface area contributed by atoms with Crippen molar-refractivity contribution in [2.45, 2.75) is 44.9 Å². The van der Waals surface area contributed by atoms with Crippen LogP contribution in [0.2, 0.25) is 0 Å². The number of aromatic nitrogens is 3. The van der Waals surface area contributed by atoms with Gasteiger partial charge >= 0.3 is 0 Å². The van der Waals surface area contributed by atoms with E-state index in [9.17, 15) is 0 Å². The molecule has 5 rings (SSSR count). The Morgan fingerprint density at radius 3 is 2.84 bits per heavy atom. The first kappa shape index (κ1) is 14.9.